The summed E-state index contributed by atoms with van der Waals surface area (Å²) in [6.45, 7) is 17.3. The Morgan fingerprint density at radius 3 is 1.19 bits per heavy atom. The fourth-order valence-corrected chi connectivity index (χ4v) is 7.59. The molecule has 13 N–H and O–H groups in total. The van der Waals surface area contributed by atoms with Gasteiger partial charge in [-0.05, 0) is 139 Å². The molecule has 0 aliphatic heterocycles. The quantitative estimate of drug-likeness (QED) is 0.00519. The summed E-state index contributed by atoms with van der Waals surface area (Å²) >= 11 is 4.92. The first-order chi connectivity index (χ1) is 43.4. The van der Waals surface area contributed by atoms with Gasteiger partial charge in [-0.25, -0.2) is 28.8 Å². The van der Waals surface area contributed by atoms with E-state index in [4.69, 9.17) is 47.1 Å². The van der Waals surface area contributed by atoms with Crippen molar-refractivity contribution < 1.29 is 86.6 Å². The second kappa shape index (κ2) is 39.0. The minimum Gasteiger partial charge on any atom is -0.444 e. The van der Waals surface area contributed by atoms with E-state index in [2.05, 4.69) is 47.3 Å². The Morgan fingerprint density at radius 1 is 0.527 bits per heavy atom. The van der Waals surface area contributed by atoms with Crippen molar-refractivity contribution in [2.24, 2.45) is 23.3 Å². The number of carbonyl (C=O) groups excluding carboxylic acids is 10. The van der Waals surface area contributed by atoms with E-state index in [9.17, 15) is 68.2 Å². The maximum absolute atomic E-state index is 13.2. The molecule has 0 bridgehead atoms. The summed E-state index contributed by atoms with van der Waals surface area (Å²) in [6.07, 6.45) is -1.51. The van der Waals surface area contributed by atoms with Gasteiger partial charge in [-0.3, -0.25) is 39.4 Å². The molecule has 4 atom stereocenters. The average molecular weight is 1330 g/mol. The number of nitrogens with one attached hydrogen (secondary N) is 8. The molecule has 10 amide bonds. The highest BCUT2D eigenvalue weighted by Crippen LogP contribution is 2.21. The second-order valence-electron chi connectivity index (χ2n) is 22.7. The zero-order chi connectivity index (χ0) is 70.2. The Labute approximate surface area is 540 Å². The predicted octanol–water partition coefficient (Wildman–Crippen LogP) is 7.66. The van der Waals surface area contributed by atoms with E-state index in [-0.39, 0.29) is 73.9 Å². The first kappa shape index (κ1) is 78.7. The van der Waals surface area contributed by atoms with Crippen LogP contribution in [0.5, 0.6) is 11.5 Å². The molecule has 0 heterocycles. The number of halogens is 1. The highest BCUT2D eigenvalue weighted by atomic mass is 35.5. The van der Waals surface area contributed by atoms with Crippen LogP contribution in [-0.2, 0) is 46.6 Å². The Balaban J connectivity index is 0.000000545. The van der Waals surface area contributed by atoms with Crippen LogP contribution < -0.4 is 63.5 Å². The number of aliphatic hydroxyl groups excluding tert-OH is 1. The summed E-state index contributed by atoms with van der Waals surface area (Å²) in [6, 6.07) is 17.5. The molecule has 0 saturated carbocycles. The first-order valence-corrected chi connectivity index (χ1v) is 29.1. The number of primary amides is 2. The van der Waals surface area contributed by atoms with Crippen molar-refractivity contribution in [2.75, 3.05) is 23.7 Å². The lowest BCUT2D eigenvalue weighted by atomic mass is 10.0. The van der Waals surface area contributed by atoms with Gasteiger partial charge in [0.05, 0.1) is 16.5 Å². The Bertz CT molecular complexity index is 3160. The number of urea groups is 2. The highest BCUT2D eigenvalue weighted by Gasteiger charge is 2.32. The van der Waals surface area contributed by atoms with Crippen LogP contribution in [0.1, 0.15) is 106 Å². The molecule has 4 rings (SSSR count). The number of benzene rings is 4. The molecule has 508 valence electrons. The number of nitro benzene ring substituents is 2. The second-order valence-corrected chi connectivity index (χ2v) is 23.0. The van der Waals surface area contributed by atoms with E-state index in [0.29, 0.717) is 35.3 Å². The molecule has 0 aliphatic rings. The van der Waals surface area contributed by atoms with Crippen molar-refractivity contribution in [3.05, 3.63) is 128 Å². The van der Waals surface area contributed by atoms with Crippen molar-refractivity contribution >= 4 is 93.8 Å². The van der Waals surface area contributed by atoms with Gasteiger partial charge < -0.3 is 82.8 Å². The van der Waals surface area contributed by atoms with Crippen LogP contribution in [-0.4, -0.2) is 123 Å². The molecule has 32 nitrogen and oxygen atoms in total. The Morgan fingerprint density at radius 2 is 0.882 bits per heavy atom. The van der Waals surface area contributed by atoms with Gasteiger partial charge in [0, 0.05) is 60.3 Å². The van der Waals surface area contributed by atoms with Crippen LogP contribution in [0.2, 0.25) is 0 Å². The van der Waals surface area contributed by atoms with Crippen molar-refractivity contribution in [2.45, 2.75) is 144 Å². The van der Waals surface area contributed by atoms with Crippen molar-refractivity contribution in [3.8, 4) is 11.5 Å². The molecule has 4 aromatic carbocycles. The number of aliphatic hydroxyl groups is 1. The van der Waals surface area contributed by atoms with Gasteiger partial charge >= 0.3 is 35.8 Å². The lowest BCUT2D eigenvalue weighted by molar-refractivity contribution is -0.385. The molecule has 93 heavy (non-hydrogen) atoms. The minimum absolute atomic E-state index is 0.0704. The molecule has 0 radical (unpaired) electrons. The fraction of sp³-hybridized carbons (Fsp3) is 0.433. The lowest BCUT2D eigenvalue weighted by Crippen LogP contribution is -2.55. The minimum atomic E-state index is -1.04. The Hall–Kier alpha value is -10.4. The van der Waals surface area contributed by atoms with Crippen LogP contribution >= 0.6 is 11.6 Å². The monoisotopic (exact) mass is 1320 g/mol. The van der Waals surface area contributed by atoms with Gasteiger partial charge in [0.25, 0.3) is 11.4 Å². The standard InChI is InChI=1S/C30H40N6O10.C23H37N5O6.C7H4ClNO4/c1-18(2)24(35-28(40)46-30(3,4)5)26(38)34-23(7-6-16-32-27(31)39)25(37)33-20-10-8-19(9-11-20)17-44-29(41)45-22-14-12-21(13-15-22)36(42)43;1-14(2)18(28-22(33)34-23(3,4)5)20(31)27-17(7-6-12-25-21(24)32)19(30)26-16-10-8-15(13-29)9-11-16;8-7(10)13-6-3-1-5(2-4-6)9(11)12/h8-15,18,23-24H,6-7,16-17H2,1-5H3,(H,33,37)(H,34,38)(H,35,40)(H3,31,32,39);8-11,14,17-18,29H,6-7,12-13H2,1-5H3,(H,26,30)(H,27,31)(H,28,33)(H3,24,25,32);1-4H/t23-,24-;17-,18-;/m00./s1. The van der Waals surface area contributed by atoms with Crippen LogP contribution in [0, 0.1) is 32.1 Å². The number of rotatable bonds is 27. The van der Waals surface area contributed by atoms with E-state index in [1.807, 2.05) is 0 Å². The van der Waals surface area contributed by atoms with Gasteiger partial charge in [-0.15, -0.1) is 0 Å². The van der Waals surface area contributed by atoms with Crippen LogP contribution in [0.25, 0.3) is 0 Å². The number of alkyl carbamates (subject to hydrolysis) is 2. The van der Waals surface area contributed by atoms with E-state index >= 15 is 0 Å². The van der Waals surface area contributed by atoms with Crippen LogP contribution in [0.4, 0.5) is 51.5 Å². The number of anilines is 2. The largest absolute Gasteiger partial charge is 0.514 e. The lowest BCUT2D eigenvalue weighted by Gasteiger charge is -2.27. The summed E-state index contributed by atoms with van der Waals surface area (Å²) in [5.74, 6) is -2.54. The highest BCUT2D eigenvalue weighted by molar-refractivity contribution is 6.61. The molecule has 33 heteroatoms. The van der Waals surface area contributed by atoms with Crippen molar-refractivity contribution in [1.82, 2.24) is 31.9 Å². The molecular formula is C60H81ClN12O20. The maximum atomic E-state index is 13.2. The number of non-ortho nitro benzene ring substituents is 2. The average Bonchev–Trinajstić information content (AvgIpc) is 1.10. The normalized spacial score (nSPS) is 12.1. The predicted molar refractivity (Wildman–Crippen MR) is 338 cm³/mol. The summed E-state index contributed by atoms with van der Waals surface area (Å²) in [7, 11) is 0. The van der Waals surface area contributed by atoms with Gasteiger partial charge in [0.15, 0.2) is 0 Å². The number of carbonyl (C=O) groups is 10. The third-order valence-corrected chi connectivity index (χ3v) is 12.0. The fourth-order valence-electron chi connectivity index (χ4n) is 7.50. The molecular weight excluding hydrogens is 1240 g/mol. The number of hydrogen-bond acceptors (Lipinski definition) is 20. The zero-order valence-corrected chi connectivity index (χ0v) is 53.7. The molecule has 0 saturated heterocycles. The molecule has 0 aliphatic carbocycles. The summed E-state index contributed by atoms with van der Waals surface area (Å²) in [4.78, 5) is 141. The zero-order valence-electron chi connectivity index (χ0n) is 53.0. The number of hydrogen-bond donors (Lipinski definition) is 11. The number of ether oxygens (including phenoxy) is 5. The van der Waals surface area contributed by atoms with Crippen molar-refractivity contribution in [3.63, 3.8) is 0 Å². The van der Waals surface area contributed by atoms with Gasteiger partial charge in [0.1, 0.15) is 53.5 Å². The van der Waals surface area contributed by atoms with Gasteiger partial charge in [-0.2, -0.15) is 0 Å². The Kier molecular flexibility index (Phi) is 33.0. The van der Waals surface area contributed by atoms with Gasteiger partial charge in [-0.1, -0.05) is 52.0 Å². The summed E-state index contributed by atoms with van der Waals surface area (Å²) in [5.41, 5.74) is 9.58. The summed E-state index contributed by atoms with van der Waals surface area (Å²) < 4.78 is 25.0. The number of nitrogens with zero attached hydrogens (tertiary/aromatic N) is 2. The van der Waals surface area contributed by atoms with E-state index in [0.717, 1.165) is 0 Å². The molecule has 0 aromatic heterocycles. The van der Waals surface area contributed by atoms with E-state index < -0.39 is 105 Å². The smallest absolute Gasteiger partial charge is 0.444 e. The van der Waals surface area contributed by atoms with E-state index in [1.54, 1.807) is 118 Å². The molecule has 0 fully saturated rings. The number of nitro groups is 2. The molecule has 0 unspecified atom stereocenters. The third-order valence-electron chi connectivity index (χ3n) is 11.9. The van der Waals surface area contributed by atoms with E-state index in [1.165, 1.54) is 48.5 Å². The van der Waals surface area contributed by atoms with Gasteiger partial charge in [0.2, 0.25) is 23.6 Å². The summed E-state index contributed by atoms with van der Waals surface area (Å²) in [5, 5.41) is 50.9. The van der Waals surface area contributed by atoms with Crippen LogP contribution in [0.15, 0.2) is 97.1 Å². The first-order valence-electron chi connectivity index (χ1n) is 28.7. The third kappa shape index (κ3) is 33.3. The van der Waals surface area contributed by atoms with Crippen molar-refractivity contribution in [1.29, 1.82) is 0 Å². The molecule has 4 aromatic rings. The topological polar surface area (TPSA) is 472 Å². The molecule has 0 spiro atoms. The number of amides is 10. The number of nitrogens with two attached hydrogens (primary N) is 2. The maximum Gasteiger partial charge on any atom is 0.514 e. The SMILES string of the molecule is CC(C)[C@H](NC(=O)OC(C)(C)C)C(=O)N[C@@H](CCCNC(N)=O)C(=O)Nc1ccc(CO)cc1.CC(C)[C@H](NC(=O)OC(C)(C)C)C(=O)N[C@@H](CCCNC(N)=O)C(=O)Nc1ccc(COC(=O)Oc2ccc([N+](=O)[O-])cc2)cc1.O=C(Cl)Oc1ccc([N+](=O)[O-])cc1. The van der Waals surface area contributed by atoms with Crippen LogP contribution in [0.3, 0.4) is 0 Å².